The molecule has 0 unspecified atom stereocenters. The lowest BCUT2D eigenvalue weighted by atomic mass is 9.87. The molecule has 5 aromatic rings. The number of fused-ring (bicyclic) bond motifs is 2. The van der Waals surface area contributed by atoms with E-state index in [1.807, 2.05) is 18.2 Å². The molecular formula is C28H21BrO2. The maximum Gasteiger partial charge on any atom is 0.130 e. The van der Waals surface area contributed by atoms with Crippen molar-refractivity contribution >= 4 is 37.5 Å². The number of rotatable bonds is 4. The summed E-state index contributed by atoms with van der Waals surface area (Å²) in [5.74, 6) is 1.57. The summed E-state index contributed by atoms with van der Waals surface area (Å²) < 4.78 is 12.6. The smallest absolute Gasteiger partial charge is 0.130 e. The molecule has 5 rings (SSSR count). The van der Waals surface area contributed by atoms with Crippen LogP contribution in [0.4, 0.5) is 0 Å². The number of methoxy groups -OCH3 is 2. The van der Waals surface area contributed by atoms with E-state index in [4.69, 9.17) is 9.47 Å². The first-order valence-corrected chi connectivity index (χ1v) is 10.9. The van der Waals surface area contributed by atoms with Crippen LogP contribution in [0.5, 0.6) is 11.5 Å². The Labute approximate surface area is 190 Å². The molecular weight excluding hydrogens is 448 g/mol. The van der Waals surface area contributed by atoms with Gasteiger partial charge in [-0.2, -0.15) is 0 Å². The number of hydrogen-bond donors (Lipinski definition) is 0. The Kier molecular flexibility index (Phi) is 5.13. The van der Waals surface area contributed by atoms with Crippen molar-refractivity contribution < 1.29 is 9.47 Å². The van der Waals surface area contributed by atoms with Gasteiger partial charge in [-0.1, -0.05) is 88.7 Å². The third-order valence-corrected chi connectivity index (χ3v) is 6.42. The van der Waals surface area contributed by atoms with Gasteiger partial charge in [0.05, 0.1) is 19.8 Å². The van der Waals surface area contributed by atoms with Gasteiger partial charge < -0.3 is 9.47 Å². The molecule has 0 heterocycles. The van der Waals surface area contributed by atoms with E-state index >= 15 is 0 Å². The van der Waals surface area contributed by atoms with Gasteiger partial charge in [-0.3, -0.25) is 0 Å². The lowest BCUT2D eigenvalue weighted by molar-refractivity contribution is 0.397. The van der Waals surface area contributed by atoms with Crippen molar-refractivity contribution in [2.45, 2.75) is 0 Å². The van der Waals surface area contributed by atoms with Crippen LogP contribution in [0.1, 0.15) is 0 Å². The first kappa shape index (κ1) is 19.7. The van der Waals surface area contributed by atoms with Crippen LogP contribution < -0.4 is 9.47 Å². The minimum Gasteiger partial charge on any atom is -0.496 e. The number of hydrogen-bond acceptors (Lipinski definition) is 2. The molecule has 0 N–H and O–H groups in total. The lowest BCUT2D eigenvalue weighted by Gasteiger charge is -2.20. The second-order valence-electron chi connectivity index (χ2n) is 7.39. The molecule has 0 aromatic heterocycles. The summed E-state index contributed by atoms with van der Waals surface area (Å²) in [6.45, 7) is 0. The van der Waals surface area contributed by atoms with E-state index in [-0.39, 0.29) is 0 Å². The average molecular weight is 469 g/mol. The Bertz CT molecular complexity index is 1400. The van der Waals surface area contributed by atoms with Gasteiger partial charge >= 0.3 is 0 Å². The summed E-state index contributed by atoms with van der Waals surface area (Å²) in [5, 5.41) is 4.77. The Hall–Kier alpha value is -3.30. The van der Waals surface area contributed by atoms with Gasteiger partial charge in [-0.25, -0.2) is 0 Å². The molecule has 3 heteroatoms. The zero-order valence-electron chi connectivity index (χ0n) is 17.4. The van der Waals surface area contributed by atoms with E-state index in [2.05, 4.69) is 88.7 Å². The van der Waals surface area contributed by atoms with E-state index in [1.54, 1.807) is 14.2 Å². The maximum absolute atomic E-state index is 5.77. The Morgan fingerprint density at radius 1 is 0.516 bits per heavy atom. The van der Waals surface area contributed by atoms with Crippen LogP contribution in [0.2, 0.25) is 0 Å². The topological polar surface area (TPSA) is 18.5 Å². The SMILES string of the molecule is COc1cccc(OC)c1-c1ccc2ccccc2c1-c1c(Br)ccc2ccccc12. The van der Waals surface area contributed by atoms with Crippen molar-refractivity contribution in [2.24, 2.45) is 0 Å². The fourth-order valence-corrected chi connectivity index (χ4v) is 4.91. The van der Waals surface area contributed by atoms with Crippen molar-refractivity contribution in [3.05, 3.63) is 95.5 Å². The molecule has 0 aliphatic rings. The van der Waals surface area contributed by atoms with Gasteiger partial charge in [0.15, 0.2) is 0 Å². The fourth-order valence-electron chi connectivity index (χ4n) is 4.36. The quantitative estimate of drug-likeness (QED) is 0.265. The third-order valence-electron chi connectivity index (χ3n) is 5.75. The van der Waals surface area contributed by atoms with Crippen molar-refractivity contribution in [1.29, 1.82) is 0 Å². The molecule has 2 nitrogen and oxygen atoms in total. The van der Waals surface area contributed by atoms with Crippen molar-refractivity contribution in [1.82, 2.24) is 0 Å². The summed E-state index contributed by atoms with van der Waals surface area (Å²) in [5.41, 5.74) is 4.35. The van der Waals surface area contributed by atoms with Crippen molar-refractivity contribution in [2.75, 3.05) is 14.2 Å². The van der Waals surface area contributed by atoms with Crippen LogP contribution in [-0.4, -0.2) is 14.2 Å². The van der Waals surface area contributed by atoms with E-state index in [0.29, 0.717) is 0 Å². The van der Waals surface area contributed by atoms with E-state index < -0.39 is 0 Å². The molecule has 0 fully saturated rings. The predicted molar refractivity (Wildman–Crippen MR) is 133 cm³/mol. The van der Waals surface area contributed by atoms with Crippen molar-refractivity contribution in [3.63, 3.8) is 0 Å². The molecule has 0 bridgehead atoms. The molecule has 0 aliphatic carbocycles. The highest BCUT2D eigenvalue weighted by atomic mass is 79.9. The van der Waals surface area contributed by atoms with Crippen molar-refractivity contribution in [3.8, 4) is 33.8 Å². The van der Waals surface area contributed by atoms with Crippen LogP contribution >= 0.6 is 15.9 Å². The van der Waals surface area contributed by atoms with Gasteiger partial charge in [0.1, 0.15) is 11.5 Å². The Balaban J connectivity index is 1.99. The van der Waals surface area contributed by atoms with E-state index in [1.165, 1.54) is 21.5 Å². The second kappa shape index (κ2) is 8.09. The molecule has 0 aliphatic heterocycles. The Morgan fingerprint density at radius 2 is 1.06 bits per heavy atom. The number of halogens is 1. The third kappa shape index (κ3) is 3.26. The first-order valence-electron chi connectivity index (χ1n) is 10.1. The zero-order chi connectivity index (χ0) is 21.4. The van der Waals surface area contributed by atoms with Gasteiger partial charge in [0, 0.05) is 10.0 Å². The van der Waals surface area contributed by atoms with Gasteiger partial charge in [-0.05, 0) is 50.9 Å². The molecule has 0 radical (unpaired) electrons. The largest absolute Gasteiger partial charge is 0.496 e. The molecule has 5 aromatic carbocycles. The van der Waals surface area contributed by atoms with Crippen LogP contribution in [0, 0.1) is 0 Å². The molecule has 31 heavy (non-hydrogen) atoms. The van der Waals surface area contributed by atoms with Crippen LogP contribution in [-0.2, 0) is 0 Å². The highest BCUT2D eigenvalue weighted by Gasteiger charge is 2.21. The van der Waals surface area contributed by atoms with Crippen LogP contribution in [0.15, 0.2) is 95.5 Å². The zero-order valence-corrected chi connectivity index (χ0v) is 18.9. The molecule has 0 saturated carbocycles. The van der Waals surface area contributed by atoms with E-state index in [9.17, 15) is 0 Å². The average Bonchev–Trinajstić information content (AvgIpc) is 2.83. The summed E-state index contributed by atoms with van der Waals surface area (Å²) in [6, 6.07) is 31.5. The minimum atomic E-state index is 0.784. The highest BCUT2D eigenvalue weighted by molar-refractivity contribution is 9.10. The highest BCUT2D eigenvalue weighted by Crippen LogP contribution is 2.48. The standard InChI is InChI=1S/C28H21BrO2/c1-30-24-12-7-13-25(31-2)28(24)22-16-14-18-8-3-5-10-20(18)26(22)27-21-11-6-4-9-19(21)15-17-23(27)29/h3-17H,1-2H3. The number of benzene rings is 5. The molecule has 0 amide bonds. The molecule has 0 saturated heterocycles. The van der Waals surface area contributed by atoms with Crippen LogP contribution in [0.25, 0.3) is 43.8 Å². The monoisotopic (exact) mass is 468 g/mol. The predicted octanol–water partition coefficient (Wildman–Crippen LogP) is 8.11. The minimum absolute atomic E-state index is 0.784. The maximum atomic E-state index is 5.77. The fraction of sp³-hybridized carbons (Fsp3) is 0.0714. The van der Waals surface area contributed by atoms with E-state index in [0.717, 1.165) is 38.2 Å². The Morgan fingerprint density at radius 3 is 1.68 bits per heavy atom. The van der Waals surface area contributed by atoms with Gasteiger partial charge in [0.25, 0.3) is 0 Å². The summed E-state index contributed by atoms with van der Waals surface area (Å²) in [4.78, 5) is 0. The molecule has 0 atom stereocenters. The molecule has 152 valence electrons. The molecule has 0 spiro atoms. The number of ether oxygens (including phenoxy) is 2. The summed E-state index contributed by atoms with van der Waals surface area (Å²) in [7, 11) is 3.40. The summed E-state index contributed by atoms with van der Waals surface area (Å²) >= 11 is 3.86. The second-order valence-corrected chi connectivity index (χ2v) is 8.24. The van der Waals surface area contributed by atoms with Gasteiger partial charge in [-0.15, -0.1) is 0 Å². The van der Waals surface area contributed by atoms with Gasteiger partial charge in [0.2, 0.25) is 0 Å². The first-order chi connectivity index (χ1) is 15.2. The normalized spacial score (nSPS) is 11.1. The van der Waals surface area contributed by atoms with Crippen LogP contribution in [0.3, 0.4) is 0 Å². The summed E-state index contributed by atoms with van der Waals surface area (Å²) in [6.07, 6.45) is 0. The lowest BCUT2D eigenvalue weighted by Crippen LogP contribution is -1.96.